The SMILES string of the molecule is COc1ccc(C(F)(F)CO)cc1C(C)(C)C. The largest absolute Gasteiger partial charge is 0.496 e. The van der Waals surface area contributed by atoms with Crippen LogP contribution < -0.4 is 4.74 Å². The van der Waals surface area contributed by atoms with Gasteiger partial charge in [0.05, 0.1) is 7.11 Å². The lowest BCUT2D eigenvalue weighted by atomic mass is 9.84. The molecule has 0 saturated carbocycles. The molecule has 0 amide bonds. The van der Waals surface area contributed by atoms with Gasteiger partial charge in [-0.2, -0.15) is 8.78 Å². The number of ether oxygens (including phenoxy) is 1. The van der Waals surface area contributed by atoms with Crippen molar-refractivity contribution in [1.82, 2.24) is 0 Å². The van der Waals surface area contributed by atoms with Crippen molar-refractivity contribution in [3.05, 3.63) is 29.3 Å². The minimum atomic E-state index is -3.22. The van der Waals surface area contributed by atoms with Crippen LogP contribution in [0.1, 0.15) is 31.9 Å². The van der Waals surface area contributed by atoms with Crippen molar-refractivity contribution < 1.29 is 18.6 Å². The fourth-order valence-corrected chi connectivity index (χ4v) is 1.61. The zero-order valence-corrected chi connectivity index (χ0v) is 10.6. The average Bonchev–Trinajstić information content (AvgIpc) is 2.27. The molecular weight excluding hydrogens is 226 g/mol. The molecule has 0 atom stereocenters. The molecule has 0 aliphatic carbocycles. The third kappa shape index (κ3) is 2.94. The molecule has 0 aliphatic heterocycles. The van der Waals surface area contributed by atoms with E-state index in [-0.39, 0.29) is 11.0 Å². The number of rotatable bonds is 3. The van der Waals surface area contributed by atoms with Gasteiger partial charge >= 0.3 is 0 Å². The van der Waals surface area contributed by atoms with Crippen LogP contribution in [0.15, 0.2) is 18.2 Å². The fourth-order valence-electron chi connectivity index (χ4n) is 1.61. The summed E-state index contributed by atoms with van der Waals surface area (Å²) in [4.78, 5) is 0. The normalized spacial score (nSPS) is 12.6. The highest BCUT2D eigenvalue weighted by atomic mass is 19.3. The summed E-state index contributed by atoms with van der Waals surface area (Å²) >= 11 is 0. The van der Waals surface area contributed by atoms with Gasteiger partial charge in [-0.15, -0.1) is 0 Å². The van der Waals surface area contributed by atoms with Crippen LogP contribution in [-0.4, -0.2) is 18.8 Å². The summed E-state index contributed by atoms with van der Waals surface area (Å²) in [6, 6.07) is 4.19. The summed E-state index contributed by atoms with van der Waals surface area (Å²) < 4.78 is 32.0. The van der Waals surface area contributed by atoms with Crippen LogP contribution in [0, 0.1) is 0 Å². The Morgan fingerprint density at radius 2 is 1.82 bits per heavy atom. The first-order chi connectivity index (χ1) is 7.72. The third-order valence-corrected chi connectivity index (χ3v) is 2.63. The Bertz CT molecular complexity index is 395. The van der Waals surface area contributed by atoms with E-state index in [0.29, 0.717) is 11.3 Å². The van der Waals surface area contributed by atoms with E-state index in [1.165, 1.54) is 25.3 Å². The number of alkyl halides is 2. The average molecular weight is 244 g/mol. The summed E-state index contributed by atoms with van der Waals surface area (Å²) in [6.07, 6.45) is 0. The maximum Gasteiger partial charge on any atom is 0.295 e. The molecule has 0 spiro atoms. The number of halogens is 2. The van der Waals surface area contributed by atoms with E-state index in [2.05, 4.69) is 0 Å². The number of benzene rings is 1. The molecule has 0 radical (unpaired) electrons. The molecule has 1 aromatic carbocycles. The highest BCUT2D eigenvalue weighted by Crippen LogP contribution is 2.36. The van der Waals surface area contributed by atoms with E-state index in [1.807, 2.05) is 20.8 Å². The van der Waals surface area contributed by atoms with Gasteiger partial charge in [0.2, 0.25) is 0 Å². The van der Waals surface area contributed by atoms with E-state index in [1.54, 1.807) is 0 Å². The molecule has 1 N–H and O–H groups in total. The van der Waals surface area contributed by atoms with Gasteiger partial charge in [-0.3, -0.25) is 0 Å². The second kappa shape index (κ2) is 4.61. The van der Waals surface area contributed by atoms with Crippen molar-refractivity contribution in [2.75, 3.05) is 13.7 Å². The quantitative estimate of drug-likeness (QED) is 0.885. The van der Waals surface area contributed by atoms with Crippen LogP contribution in [0.2, 0.25) is 0 Å². The molecule has 0 aromatic heterocycles. The second-order valence-corrected chi connectivity index (χ2v) is 5.03. The van der Waals surface area contributed by atoms with Crippen LogP contribution in [0.4, 0.5) is 8.78 Å². The van der Waals surface area contributed by atoms with Crippen LogP contribution in [0.5, 0.6) is 5.75 Å². The zero-order chi connectivity index (χ0) is 13.3. The van der Waals surface area contributed by atoms with Crippen LogP contribution in [0.25, 0.3) is 0 Å². The standard InChI is InChI=1S/C13H18F2O2/c1-12(2,3)10-7-9(13(14,15)8-16)5-6-11(10)17-4/h5-7,16H,8H2,1-4H3. The minimum absolute atomic E-state index is 0.189. The van der Waals surface area contributed by atoms with Gasteiger partial charge in [-0.1, -0.05) is 20.8 Å². The molecule has 4 heteroatoms. The fraction of sp³-hybridized carbons (Fsp3) is 0.538. The van der Waals surface area contributed by atoms with Crippen LogP contribution in [0.3, 0.4) is 0 Å². The van der Waals surface area contributed by atoms with E-state index in [9.17, 15) is 8.78 Å². The summed E-state index contributed by atoms with van der Waals surface area (Å²) in [5, 5.41) is 8.69. The molecule has 1 aromatic rings. The molecule has 17 heavy (non-hydrogen) atoms. The number of aliphatic hydroxyl groups excluding tert-OH is 1. The predicted octanol–water partition coefficient (Wildman–Crippen LogP) is 3.08. The van der Waals surface area contributed by atoms with Crippen molar-refractivity contribution in [2.24, 2.45) is 0 Å². The van der Waals surface area contributed by atoms with Crippen LogP contribution >= 0.6 is 0 Å². The van der Waals surface area contributed by atoms with Crippen molar-refractivity contribution >= 4 is 0 Å². The summed E-state index contributed by atoms with van der Waals surface area (Å²) in [6.45, 7) is 4.58. The Balaban J connectivity index is 3.33. The summed E-state index contributed by atoms with van der Waals surface area (Å²) in [7, 11) is 1.51. The Morgan fingerprint density at radius 3 is 2.24 bits per heavy atom. The first-order valence-corrected chi connectivity index (χ1v) is 5.40. The molecule has 0 unspecified atom stereocenters. The van der Waals surface area contributed by atoms with Gasteiger partial charge in [-0.25, -0.2) is 0 Å². The topological polar surface area (TPSA) is 29.5 Å². The van der Waals surface area contributed by atoms with Gasteiger partial charge in [0.1, 0.15) is 12.4 Å². The lowest BCUT2D eigenvalue weighted by Gasteiger charge is -2.24. The van der Waals surface area contributed by atoms with Crippen molar-refractivity contribution in [3.8, 4) is 5.75 Å². The highest BCUT2D eigenvalue weighted by molar-refractivity contribution is 5.42. The van der Waals surface area contributed by atoms with Gasteiger partial charge in [0, 0.05) is 5.56 Å². The zero-order valence-electron chi connectivity index (χ0n) is 10.6. The molecule has 1 rings (SSSR count). The second-order valence-electron chi connectivity index (χ2n) is 5.03. The molecular formula is C13H18F2O2. The Labute approximate surface area is 100 Å². The van der Waals surface area contributed by atoms with Gasteiger partial charge in [-0.05, 0) is 29.2 Å². The number of aliphatic hydroxyl groups is 1. The Morgan fingerprint density at radius 1 is 1.24 bits per heavy atom. The lowest BCUT2D eigenvalue weighted by molar-refractivity contribution is -0.0557. The monoisotopic (exact) mass is 244 g/mol. The van der Waals surface area contributed by atoms with E-state index in [4.69, 9.17) is 9.84 Å². The molecule has 0 heterocycles. The van der Waals surface area contributed by atoms with Gasteiger partial charge in [0.25, 0.3) is 5.92 Å². The molecule has 0 bridgehead atoms. The Hall–Kier alpha value is -1.16. The lowest BCUT2D eigenvalue weighted by Crippen LogP contribution is -2.20. The van der Waals surface area contributed by atoms with E-state index >= 15 is 0 Å². The van der Waals surface area contributed by atoms with Crippen molar-refractivity contribution in [1.29, 1.82) is 0 Å². The number of hydrogen-bond acceptors (Lipinski definition) is 2. The highest BCUT2D eigenvalue weighted by Gasteiger charge is 2.32. The van der Waals surface area contributed by atoms with E-state index < -0.39 is 12.5 Å². The van der Waals surface area contributed by atoms with Gasteiger partial charge < -0.3 is 9.84 Å². The maximum absolute atomic E-state index is 13.4. The smallest absolute Gasteiger partial charge is 0.295 e. The summed E-state index contributed by atoms with van der Waals surface area (Å²) in [5.41, 5.74) is 0.212. The molecule has 0 saturated heterocycles. The maximum atomic E-state index is 13.4. The third-order valence-electron chi connectivity index (χ3n) is 2.63. The minimum Gasteiger partial charge on any atom is -0.496 e. The Kier molecular flexibility index (Phi) is 3.77. The first-order valence-electron chi connectivity index (χ1n) is 5.40. The van der Waals surface area contributed by atoms with Crippen molar-refractivity contribution in [3.63, 3.8) is 0 Å². The van der Waals surface area contributed by atoms with Gasteiger partial charge in [0.15, 0.2) is 0 Å². The molecule has 96 valence electrons. The van der Waals surface area contributed by atoms with Crippen LogP contribution in [-0.2, 0) is 11.3 Å². The van der Waals surface area contributed by atoms with Crippen molar-refractivity contribution in [2.45, 2.75) is 32.1 Å². The number of methoxy groups -OCH3 is 1. The molecule has 0 aliphatic rings. The first kappa shape index (κ1) is 13.9. The molecule has 2 nitrogen and oxygen atoms in total. The molecule has 0 fully saturated rings. The summed E-state index contributed by atoms with van der Waals surface area (Å²) in [5.74, 6) is -2.64. The predicted molar refractivity (Wildman–Crippen MR) is 62.7 cm³/mol. The van der Waals surface area contributed by atoms with E-state index in [0.717, 1.165) is 0 Å². The number of hydrogen-bond donors (Lipinski definition) is 1.